The van der Waals surface area contributed by atoms with E-state index in [2.05, 4.69) is 15.1 Å². The third-order valence-electron chi connectivity index (χ3n) is 4.69. The van der Waals surface area contributed by atoms with Crippen molar-refractivity contribution in [2.24, 2.45) is 0 Å². The van der Waals surface area contributed by atoms with Crippen molar-refractivity contribution in [2.75, 3.05) is 57.2 Å². The highest BCUT2D eigenvalue weighted by atomic mass is 35.5. The second-order valence-electron chi connectivity index (χ2n) is 6.48. The predicted molar refractivity (Wildman–Crippen MR) is 113 cm³/mol. The van der Waals surface area contributed by atoms with E-state index in [9.17, 15) is 4.79 Å². The molecule has 1 amide bonds. The molecule has 0 spiro atoms. The molecular formula is C20H23Cl2N3O3. The Labute approximate surface area is 174 Å². The zero-order valence-electron chi connectivity index (χ0n) is 15.9. The first kappa shape index (κ1) is 20.6. The van der Waals surface area contributed by atoms with Gasteiger partial charge in [-0.15, -0.1) is 0 Å². The van der Waals surface area contributed by atoms with Crippen LogP contribution in [0.3, 0.4) is 0 Å². The van der Waals surface area contributed by atoms with Crippen LogP contribution < -0.4 is 19.7 Å². The van der Waals surface area contributed by atoms with Crippen LogP contribution in [0.2, 0.25) is 10.0 Å². The number of anilines is 2. The topological polar surface area (TPSA) is 54.0 Å². The van der Waals surface area contributed by atoms with Crippen LogP contribution in [-0.2, 0) is 4.79 Å². The number of benzene rings is 2. The minimum atomic E-state index is -0.0884. The summed E-state index contributed by atoms with van der Waals surface area (Å²) in [6, 6.07) is 11.0. The van der Waals surface area contributed by atoms with E-state index in [4.69, 9.17) is 32.7 Å². The van der Waals surface area contributed by atoms with Crippen molar-refractivity contribution in [3.8, 4) is 11.5 Å². The molecule has 1 aliphatic heterocycles. The van der Waals surface area contributed by atoms with Gasteiger partial charge in [-0.1, -0.05) is 23.2 Å². The van der Waals surface area contributed by atoms with Gasteiger partial charge in [-0.3, -0.25) is 9.69 Å². The number of piperazine rings is 1. The average Bonchev–Trinajstić information content (AvgIpc) is 2.70. The molecule has 1 heterocycles. The van der Waals surface area contributed by atoms with Gasteiger partial charge >= 0.3 is 0 Å². The molecule has 0 bridgehead atoms. The lowest BCUT2D eigenvalue weighted by atomic mass is 10.2. The molecule has 1 fully saturated rings. The van der Waals surface area contributed by atoms with Gasteiger partial charge in [0, 0.05) is 37.9 Å². The summed E-state index contributed by atoms with van der Waals surface area (Å²) < 4.78 is 10.5. The molecule has 1 N–H and O–H groups in total. The van der Waals surface area contributed by atoms with E-state index >= 15 is 0 Å². The number of methoxy groups -OCH3 is 2. The second kappa shape index (κ2) is 9.37. The van der Waals surface area contributed by atoms with Gasteiger partial charge in [0.25, 0.3) is 0 Å². The third kappa shape index (κ3) is 5.01. The van der Waals surface area contributed by atoms with Gasteiger partial charge in [-0.25, -0.2) is 0 Å². The molecule has 150 valence electrons. The van der Waals surface area contributed by atoms with Crippen molar-refractivity contribution in [3.05, 3.63) is 46.4 Å². The number of carbonyl (C=O) groups is 1. The summed E-state index contributed by atoms with van der Waals surface area (Å²) in [6.45, 7) is 3.50. The number of rotatable bonds is 6. The zero-order valence-corrected chi connectivity index (χ0v) is 17.4. The Bertz CT molecular complexity index is 839. The minimum Gasteiger partial charge on any atom is -0.497 e. The number of ether oxygens (including phenoxy) is 2. The highest BCUT2D eigenvalue weighted by molar-refractivity contribution is 6.42. The summed E-state index contributed by atoms with van der Waals surface area (Å²) in [7, 11) is 3.15. The maximum Gasteiger partial charge on any atom is 0.238 e. The molecule has 2 aromatic carbocycles. The van der Waals surface area contributed by atoms with Crippen molar-refractivity contribution in [1.82, 2.24) is 4.90 Å². The van der Waals surface area contributed by atoms with Gasteiger partial charge < -0.3 is 19.7 Å². The molecular weight excluding hydrogens is 401 g/mol. The summed E-state index contributed by atoms with van der Waals surface area (Å²) in [5, 5.41) is 4.01. The number of hydrogen-bond donors (Lipinski definition) is 1. The zero-order chi connectivity index (χ0) is 20.1. The van der Waals surface area contributed by atoms with Gasteiger partial charge in [-0.05, 0) is 30.3 Å². The Morgan fingerprint density at radius 2 is 1.75 bits per heavy atom. The number of nitrogens with one attached hydrogen (secondary N) is 1. The standard InChI is InChI=1S/C20H23Cl2N3O3/c1-27-15-4-6-19(28-2)18(12-15)23-20(26)13-24-7-9-25(10-8-24)14-3-5-16(21)17(22)11-14/h3-6,11-12H,7-10,13H2,1-2H3,(H,23,26). The summed E-state index contributed by atoms with van der Waals surface area (Å²) in [6.07, 6.45) is 0. The predicted octanol–water partition coefficient (Wildman–Crippen LogP) is 3.77. The van der Waals surface area contributed by atoms with E-state index in [1.54, 1.807) is 38.5 Å². The first-order valence-corrected chi connectivity index (χ1v) is 9.70. The van der Waals surface area contributed by atoms with Crippen LogP contribution in [-0.4, -0.2) is 57.8 Å². The lowest BCUT2D eigenvalue weighted by molar-refractivity contribution is -0.117. The normalized spacial score (nSPS) is 14.6. The average molecular weight is 424 g/mol. The van der Waals surface area contributed by atoms with Crippen LogP contribution in [0.4, 0.5) is 11.4 Å². The van der Waals surface area contributed by atoms with E-state index < -0.39 is 0 Å². The van der Waals surface area contributed by atoms with Gasteiger partial charge in [0.1, 0.15) is 11.5 Å². The van der Waals surface area contributed by atoms with Crippen molar-refractivity contribution >= 4 is 40.5 Å². The third-order valence-corrected chi connectivity index (χ3v) is 5.43. The van der Waals surface area contributed by atoms with Gasteiger partial charge in [0.2, 0.25) is 5.91 Å². The molecule has 0 aliphatic carbocycles. The smallest absolute Gasteiger partial charge is 0.238 e. The van der Waals surface area contributed by atoms with E-state index in [1.807, 2.05) is 12.1 Å². The highest BCUT2D eigenvalue weighted by Crippen LogP contribution is 2.29. The van der Waals surface area contributed by atoms with Crippen LogP contribution in [0.15, 0.2) is 36.4 Å². The second-order valence-corrected chi connectivity index (χ2v) is 7.29. The fourth-order valence-electron chi connectivity index (χ4n) is 3.15. The fraction of sp³-hybridized carbons (Fsp3) is 0.350. The van der Waals surface area contributed by atoms with Crippen LogP contribution in [0.5, 0.6) is 11.5 Å². The lowest BCUT2D eigenvalue weighted by Crippen LogP contribution is -2.48. The van der Waals surface area contributed by atoms with Crippen LogP contribution in [0.25, 0.3) is 0 Å². The van der Waals surface area contributed by atoms with E-state index in [-0.39, 0.29) is 5.91 Å². The van der Waals surface area contributed by atoms with E-state index in [0.717, 1.165) is 31.9 Å². The molecule has 0 aromatic heterocycles. The molecule has 0 atom stereocenters. The quantitative estimate of drug-likeness (QED) is 0.765. The monoisotopic (exact) mass is 423 g/mol. The lowest BCUT2D eigenvalue weighted by Gasteiger charge is -2.35. The molecule has 28 heavy (non-hydrogen) atoms. The van der Waals surface area contributed by atoms with Crippen LogP contribution in [0, 0.1) is 0 Å². The van der Waals surface area contributed by atoms with Gasteiger partial charge in [-0.2, -0.15) is 0 Å². The molecule has 1 aliphatic rings. The maximum atomic E-state index is 12.5. The molecule has 1 saturated heterocycles. The van der Waals surface area contributed by atoms with Crippen LogP contribution >= 0.6 is 23.2 Å². The Morgan fingerprint density at radius 3 is 2.39 bits per heavy atom. The van der Waals surface area contributed by atoms with Crippen molar-refractivity contribution in [2.45, 2.75) is 0 Å². The first-order chi connectivity index (χ1) is 13.5. The van der Waals surface area contributed by atoms with E-state index in [1.165, 1.54) is 0 Å². The van der Waals surface area contributed by atoms with Crippen molar-refractivity contribution < 1.29 is 14.3 Å². The summed E-state index contributed by atoms with van der Waals surface area (Å²) in [5.74, 6) is 1.17. The van der Waals surface area contributed by atoms with Crippen LogP contribution in [0.1, 0.15) is 0 Å². The molecule has 3 rings (SSSR count). The fourth-order valence-corrected chi connectivity index (χ4v) is 3.44. The molecule has 0 saturated carbocycles. The van der Waals surface area contributed by atoms with E-state index in [0.29, 0.717) is 33.8 Å². The molecule has 6 nitrogen and oxygen atoms in total. The Hall–Kier alpha value is -2.15. The summed E-state index contributed by atoms with van der Waals surface area (Å²) in [5.41, 5.74) is 1.64. The van der Waals surface area contributed by atoms with Crippen molar-refractivity contribution in [3.63, 3.8) is 0 Å². The maximum absolute atomic E-state index is 12.5. The Morgan fingerprint density at radius 1 is 1.00 bits per heavy atom. The number of hydrogen-bond acceptors (Lipinski definition) is 5. The molecule has 0 radical (unpaired) electrons. The molecule has 8 heteroatoms. The largest absolute Gasteiger partial charge is 0.497 e. The number of carbonyl (C=O) groups excluding carboxylic acids is 1. The molecule has 0 unspecified atom stereocenters. The van der Waals surface area contributed by atoms with Crippen molar-refractivity contribution in [1.29, 1.82) is 0 Å². The molecule has 2 aromatic rings. The Balaban J connectivity index is 1.54. The summed E-state index contributed by atoms with van der Waals surface area (Å²) in [4.78, 5) is 16.8. The Kier molecular flexibility index (Phi) is 6.88. The number of halogens is 2. The SMILES string of the molecule is COc1ccc(OC)c(NC(=O)CN2CCN(c3ccc(Cl)c(Cl)c3)CC2)c1. The number of amides is 1. The number of nitrogens with zero attached hydrogens (tertiary/aromatic N) is 2. The van der Waals surface area contributed by atoms with Gasteiger partial charge in [0.15, 0.2) is 0 Å². The minimum absolute atomic E-state index is 0.0884. The first-order valence-electron chi connectivity index (χ1n) is 8.94. The van der Waals surface area contributed by atoms with Gasteiger partial charge in [0.05, 0.1) is 36.5 Å². The summed E-state index contributed by atoms with van der Waals surface area (Å²) >= 11 is 12.1. The highest BCUT2D eigenvalue weighted by Gasteiger charge is 2.20.